The Hall–Kier alpha value is -3.29. The van der Waals surface area contributed by atoms with Gasteiger partial charge in [-0.2, -0.15) is 4.98 Å². The molecule has 0 amide bonds. The molecule has 1 atom stereocenters. The van der Waals surface area contributed by atoms with E-state index in [0.29, 0.717) is 38.9 Å². The van der Waals surface area contributed by atoms with Gasteiger partial charge in [0.05, 0.1) is 22.4 Å². The number of halogens is 2. The fraction of sp³-hybridized carbons (Fsp3) is 0.208. The second kappa shape index (κ2) is 8.33. The second-order valence-corrected chi connectivity index (χ2v) is 8.55. The van der Waals surface area contributed by atoms with Gasteiger partial charge in [0.2, 0.25) is 11.7 Å². The molecule has 2 aromatic heterocycles. The Morgan fingerprint density at radius 2 is 1.88 bits per heavy atom. The van der Waals surface area contributed by atoms with E-state index in [-0.39, 0.29) is 17.6 Å². The predicted octanol–water partition coefficient (Wildman–Crippen LogP) is 5.02. The van der Waals surface area contributed by atoms with E-state index in [1.54, 1.807) is 67.1 Å². The fourth-order valence-electron chi connectivity index (χ4n) is 3.23. The van der Waals surface area contributed by atoms with Gasteiger partial charge < -0.3 is 10.4 Å². The first kappa shape index (κ1) is 21.9. The summed E-state index contributed by atoms with van der Waals surface area (Å²) in [7, 11) is 0. The summed E-state index contributed by atoms with van der Waals surface area (Å²) >= 11 is 6.27. The van der Waals surface area contributed by atoms with E-state index in [4.69, 9.17) is 11.6 Å². The third-order valence-electron chi connectivity index (χ3n) is 5.38. The first-order chi connectivity index (χ1) is 15.1. The molecule has 0 unspecified atom stereocenters. The van der Waals surface area contributed by atoms with Crippen LogP contribution >= 0.6 is 11.6 Å². The van der Waals surface area contributed by atoms with Crippen molar-refractivity contribution >= 4 is 34.4 Å². The van der Waals surface area contributed by atoms with Crippen LogP contribution in [0.25, 0.3) is 16.7 Å². The summed E-state index contributed by atoms with van der Waals surface area (Å²) in [6.07, 6.45) is 1.60. The van der Waals surface area contributed by atoms with Gasteiger partial charge in [-0.3, -0.25) is 9.36 Å². The van der Waals surface area contributed by atoms with Gasteiger partial charge in [-0.15, -0.1) is 0 Å². The molecule has 0 bridgehead atoms. The number of anilines is 1. The number of rotatable bonds is 6. The zero-order valence-corrected chi connectivity index (χ0v) is 18.6. The average Bonchev–Trinajstić information content (AvgIpc) is 3.12. The Balaban J connectivity index is 1.90. The topological polar surface area (TPSA) is 80.0 Å². The van der Waals surface area contributed by atoms with Crippen molar-refractivity contribution < 1.29 is 14.3 Å². The lowest BCUT2D eigenvalue weighted by molar-refractivity contribution is 0.0646. The summed E-state index contributed by atoms with van der Waals surface area (Å²) in [5.41, 5.74) is 0.705. The molecule has 0 spiro atoms. The van der Waals surface area contributed by atoms with Gasteiger partial charge in [-0.1, -0.05) is 23.7 Å². The maximum absolute atomic E-state index is 13.6. The fourth-order valence-corrected chi connectivity index (χ4v) is 3.45. The molecule has 6 nitrogen and oxygen atoms in total. The number of hydrogen-bond acceptors (Lipinski definition) is 5. The summed E-state index contributed by atoms with van der Waals surface area (Å²) in [6.45, 7) is 5.19. The van der Waals surface area contributed by atoms with Gasteiger partial charge in [-0.05, 0) is 63.2 Å². The van der Waals surface area contributed by atoms with Crippen LogP contribution in [0, 0.1) is 5.82 Å². The van der Waals surface area contributed by atoms with E-state index < -0.39 is 5.60 Å². The molecule has 0 radical (unpaired) electrons. The van der Waals surface area contributed by atoms with Crippen LogP contribution < -0.4 is 5.32 Å². The molecule has 32 heavy (non-hydrogen) atoms. The van der Waals surface area contributed by atoms with Gasteiger partial charge in [0.1, 0.15) is 5.82 Å². The molecule has 0 aliphatic heterocycles. The number of carbonyl (C=O) groups is 1. The molecule has 2 heterocycles. The summed E-state index contributed by atoms with van der Waals surface area (Å²) in [6, 6.07) is 13.9. The minimum atomic E-state index is -0.998. The third kappa shape index (κ3) is 4.22. The second-order valence-electron chi connectivity index (χ2n) is 8.14. The molecular formula is C24H22ClFN4O2. The highest BCUT2D eigenvalue weighted by molar-refractivity contribution is 6.35. The average molecular weight is 453 g/mol. The minimum absolute atomic E-state index is 0.294. The van der Waals surface area contributed by atoms with Crippen molar-refractivity contribution in [2.24, 2.45) is 0 Å². The quantitative estimate of drug-likeness (QED) is 0.402. The number of benzene rings is 2. The van der Waals surface area contributed by atoms with Crippen molar-refractivity contribution in [1.82, 2.24) is 14.5 Å². The molecule has 0 saturated carbocycles. The highest BCUT2D eigenvalue weighted by atomic mass is 35.5. The molecule has 2 aromatic carbocycles. The highest BCUT2D eigenvalue weighted by Crippen LogP contribution is 2.28. The lowest BCUT2D eigenvalue weighted by Gasteiger charge is -2.26. The first-order valence-electron chi connectivity index (χ1n) is 10.1. The van der Waals surface area contributed by atoms with Crippen LogP contribution in [0.1, 0.15) is 36.8 Å². The number of nitrogens with zero attached hydrogens (tertiary/aromatic N) is 3. The molecule has 4 rings (SSSR count). The van der Waals surface area contributed by atoms with Crippen molar-refractivity contribution in [2.45, 2.75) is 32.4 Å². The molecule has 0 saturated heterocycles. The monoisotopic (exact) mass is 452 g/mol. The SMILES string of the molecule is C[C@H](Nc1ncc2cc(C(=O)c3ccccc3Cl)n(-c3ccc(F)cc3)c2n1)C(C)(C)O. The lowest BCUT2D eigenvalue weighted by Crippen LogP contribution is -2.39. The molecule has 2 N–H and O–H groups in total. The van der Waals surface area contributed by atoms with E-state index in [9.17, 15) is 14.3 Å². The van der Waals surface area contributed by atoms with E-state index in [0.717, 1.165) is 0 Å². The van der Waals surface area contributed by atoms with Crippen LogP contribution in [0.3, 0.4) is 0 Å². The first-order valence-corrected chi connectivity index (χ1v) is 10.5. The molecule has 164 valence electrons. The Morgan fingerprint density at radius 1 is 1.19 bits per heavy atom. The van der Waals surface area contributed by atoms with Gasteiger partial charge >= 0.3 is 0 Å². The van der Waals surface area contributed by atoms with Crippen molar-refractivity contribution in [3.63, 3.8) is 0 Å². The Labute approximate surface area is 189 Å². The molecule has 0 aliphatic carbocycles. The van der Waals surface area contributed by atoms with Crippen LogP contribution in [0.5, 0.6) is 0 Å². The normalized spacial score (nSPS) is 12.7. The maximum Gasteiger partial charge on any atom is 0.224 e. The van der Waals surface area contributed by atoms with E-state index >= 15 is 0 Å². The largest absolute Gasteiger partial charge is 0.388 e. The van der Waals surface area contributed by atoms with Crippen LogP contribution in [-0.2, 0) is 0 Å². The van der Waals surface area contributed by atoms with Gasteiger partial charge in [-0.25, -0.2) is 9.37 Å². The molecule has 0 aliphatic rings. The predicted molar refractivity (Wildman–Crippen MR) is 123 cm³/mol. The number of nitrogens with one attached hydrogen (secondary N) is 1. The third-order valence-corrected chi connectivity index (χ3v) is 5.71. The zero-order chi connectivity index (χ0) is 23.0. The molecule has 0 fully saturated rings. The van der Waals surface area contributed by atoms with Crippen molar-refractivity contribution in [2.75, 3.05) is 5.32 Å². The summed E-state index contributed by atoms with van der Waals surface area (Å²) in [5.74, 6) is -0.386. The van der Waals surface area contributed by atoms with Gasteiger partial charge in [0.15, 0.2) is 5.65 Å². The summed E-state index contributed by atoms with van der Waals surface area (Å²) in [4.78, 5) is 22.3. The van der Waals surface area contributed by atoms with Crippen LogP contribution in [0.15, 0.2) is 60.8 Å². The maximum atomic E-state index is 13.6. The van der Waals surface area contributed by atoms with E-state index in [2.05, 4.69) is 15.3 Å². The Kier molecular flexibility index (Phi) is 5.71. The Bertz CT molecular complexity index is 1300. The molecular weight excluding hydrogens is 431 g/mol. The standard InChI is InChI=1S/C24H22ClFN4O2/c1-14(24(2,3)32)28-23-27-13-15-12-20(21(31)18-6-4-5-7-19(18)25)30(22(15)29-23)17-10-8-16(26)9-11-17/h4-14,32H,1-3H3,(H,27,28,29)/t14-/m0/s1. The molecule has 4 aromatic rings. The number of aromatic nitrogens is 3. The van der Waals surface area contributed by atoms with E-state index in [1.807, 2.05) is 6.92 Å². The smallest absolute Gasteiger partial charge is 0.224 e. The zero-order valence-electron chi connectivity index (χ0n) is 17.8. The van der Waals surface area contributed by atoms with Crippen LogP contribution in [0.4, 0.5) is 10.3 Å². The van der Waals surface area contributed by atoms with E-state index in [1.165, 1.54) is 12.1 Å². The number of carbonyl (C=O) groups excluding carboxylic acids is 1. The van der Waals surface area contributed by atoms with Crippen LogP contribution in [-0.4, -0.2) is 37.1 Å². The van der Waals surface area contributed by atoms with Crippen molar-refractivity contribution in [3.8, 4) is 5.69 Å². The highest BCUT2D eigenvalue weighted by Gasteiger charge is 2.25. The number of aliphatic hydroxyl groups is 1. The van der Waals surface area contributed by atoms with Crippen molar-refractivity contribution in [3.05, 3.63) is 82.9 Å². The summed E-state index contributed by atoms with van der Waals surface area (Å²) < 4.78 is 15.2. The Morgan fingerprint density at radius 3 is 2.53 bits per heavy atom. The number of fused-ring (bicyclic) bond motifs is 1. The number of ketones is 1. The van der Waals surface area contributed by atoms with Crippen LogP contribution in [0.2, 0.25) is 5.02 Å². The van der Waals surface area contributed by atoms with Gasteiger partial charge in [0.25, 0.3) is 0 Å². The minimum Gasteiger partial charge on any atom is -0.388 e. The molecule has 8 heteroatoms. The number of hydrogen-bond donors (Lipinski definition) is 2. The summed E-state index contributed by atoms with van der Waals surface area (Å²) in [5, 5.41) is 14.3. The van der Waals surface area contributed by atoms with Gasteiger partial charge in [0, 0.05) is 22.8 Å². The lowest BCUT2D eigenvalue weighted by atomic mass is 10.0. The van der Waals surface area contributed by atoms with Crippen molar-refractivity contribution in [1.29, 1.82) is 0 Å².